The van der Waals surface area contributed by atoms with E-state index in [1.165, 1.54) is 5.56 Å². The smallest absolute Gasteiger partial charge is 0.272 e. The van der Waals surface area contributed by atoms with Crippen molar-refractivity contribution in [1.82, 2.24) is 19.7 Å². The van der Waals surface area contributed by atoms with E-state index in [0.717, 1.165) is 23.4 Å². The molecular formula is C20H26N4O3. The molecular weight excluding hydrogens is 344 g/mol. The third-order valence-electron chi connectivity index (χ3n) is 5.37. The second kappa shape index (κ2) is 7.40. The van der Waals surface area contributed by atoms with Gasteiger partial charge in [0.15, 0.2) is 0 Å². The Labute approximate surface area is 159 Å². The fourth-order valence-corrected chi connectivity index (χ4v) is 4.05. The van der Waals surface area contributed by atoms with E-state index in [2.05, 4.69) is 11.1 Å². The Bertz CT molecular complexity index is 848. The largest absolute Gasteiger partial charge is 0.383 e. The van der Waals surface area contributed by atoms with Gasteiger partial charge in [0, 0.05) is 31.8 Å². The molecule has 2 aromatic heterocycles. The predicted octanol–water partition coefficient (Wildman–Crippen LogP) is 2.15. The van der Waals surface area contributed by atoms with Crippen LogP contribution in [0.15, 0.2) is 18.3 Å². The molecule has 7 nitrogen and oxygen atoms in total. The maximum absolute atomic E-state index is 13.5. The number of nitrogens with zero attached hydrogens (tertiary/aromatic N) is 4. The van der Waals surface area contributed by atoms with Crippen LogP contribution in [0.3, 0.4) is 0 Å². The van der Waals surface area contributed by atoms with Crippen molar-refractivity contribution >= 4 is 5.91 Å². The van der Waals surface area contributed by atoms with Gasteiger partial charge in [-0.05, 0) is 31.9 Å². The second-order valence-corrected chi connectivity index (χ2v) is 7.31. The van der Waals surface area contributed by atoms with Gasteiger partial charge in [0.1, 0.15) is 5.69 Å². The molecule has 0 bridgehead atoms. The summed E-state index contributed by atoms with van der Waals surface area (Å²) in [6.07, 6.45) is 3.29. The van der Waals surface area contributed by atoms with Crippen molar-refractivity contribution in [2.45, 2.75) is 52.0 Å². The predicted molar refractivity (Wildman–Crippen MR) is 99.5 cm³/mol. The third-order valence-corrected chi connectivity index (χ3v) is 5.37. The summed E-state index contributed by atoms with van der Waals surface area (Å²) in [4.78, 5) is 19.8. The standard InChI is InChI=1S/C20H26N4O3/c1-13-11-16-18(14(2)27-13)22-24(9-10-26-3)19(16)20(25)23-8-6-15-5-4-7-21-17(15)12-23/h4-5,7,13-14H,6,8-12H2,1-3H3/t13-,14+/m0/s1. The Hall–Kier alpha value is -2.25. The molecule has 2 atom stereocenters. The quantitative estimate of drug-likeness (QED) is 0.825. The van der Waals surface area contributed by atoms with Crippen molar-refractivity contribution in [3.05, 3.63) is 46.5 Å². The first-order chi connectivity index (χ1) is 13.1. The highest BCUT2D eigenvalue weighted by Gasteiger charge is 2.34. The second-order valence-electron chi connectivity index (χ2n) is 7.31. The molecule has 4 rings (SSSR count). The van der Waals surface area contributed by atoms with Gasteiger partial charge in [-0.15, -0.1) is 0 Å². The Morgan fingerprint density at radius 2 is 2.26 bits per heavy atom. The fourth-order valence-electron chi connectivity index (χ4n) is 4.05. The lowest BCUT2D eigenvalue weighted by Crippen LogP contribution is -2.38. The molecule has 0 aromatic carbocycles. The minimum absolute atomic E-state index is 0.0254. The van der Waals surface area contributed by atoms with E-state index in [9.17, 15) is 4.79 Å². The van der Waals surface area contributed by atoms with Crippen LogP contribution in [0, 0.1) is 0 Å². The van der Waals surface area contributed by atoms with Crippen LogP contribution in [0.2, 0.25) is 0 Å². The van der Waals surface area contributed by atoms with Gasteiger partial charge in [-0.1, -0.05) is 6.07 Å². The molecule has 0 fully saturated rings. The normalized spacial score (nSPS) is 21.7. The van der Waals surface area contributed by atoms with Crippen LogP contribution in [0.1, 0.15) is 53.0 Å². The summed E-state index contributed by atoms with van der Waals surface area (Å²) < 4.78 is 12.9. The molecule has 0 N–H and O–H groups in total. The van der Waals surface area contributed by atoms with E-state index in [1.54, 1.807) is 13.3 Å². The maximum atomic E-state index is 13.5. The lowest BCUT2D eigenvalue weighted by Gasteiger charge is -2.29. The van der Waals surface area contributed by atoms with Crippen LogP contribution in [-0.2, 0) is 35.4 Å². The van der Waals surface area contributed by atoms with Gasteiger partial charge in [-0.3, -0.25) is 14.5 Å². The first-order valence-electron chi connectivity index (χ1n) is 9.54. The summed E-state index contributed by atoms with van der Waals surface area (Å²) in [7, 11) is 1.66. The zero-order valence-electron chi connectivity index (χ0n) is 16.1. The van der Waals surface area contributed by atoms with Crippen LogP contribution < -0.4 is 0 Å². The number of hydrogen-bond acceptors (Lipinski definition) is 5. The Balaban J connectivity index is 1.68. The van der Waals surface area contributed by atoms with Crippen molar-refractivity contribution in [3.63, 3.8) is 0 Å². The summed E-state index contributed by atoms with van der Waals surface area (Å²) in [5.74, 6) is 0.0254. The van der Waals surface area contributed by atoms with E-state index in [-0.39, 0.29) is 18.1 Å². The van der Waals surface area contributed by atoms with E-state index in [1.807, 2.05) is 29.5 Å². The van der Waals surface area contributed by atoms with E-state index < -0.39 is 0 Å². The van der Waals surface area contributed by atoms with Gasteiger partial charge in [0.2, 0.25) is 0 Å². The van der Waals surface area contributed by atoms with Gasteiger partial charge in [0.05, 0.1) is 43.3 Å². The van der Waals surface area contributed by atoms with Gasteiger partial charge >= 0.3 is 0 Å². The number of carbonyl (C=O) groups excluding carboxylic acids is 1. The van der Waals surface area contributed by atoms with Gasteiger partial charge in [-0.25, -0.2) is 0 Å². The highest BCUT2D eigenvalue weighted by molar-refractivity contribution is 5.94. The van der Waals surface area contributed by atoms with Crippen LogP contribution in [-0.4, -0.2) is 51.9 Å². The van der Waals surface area contributed by atoms with E-state index in [0.29, 0.717) is 38.4 Å². The molecule has 0 spiro atoms. The summed E-state index contributed by atoms with van der Waals surface area (Å²) >= 11 is 0. The molecule has 27 heavy (non-hydrogen) atoms. The summed E-state index contributed by atoms with van der Waals surface area (Å²) in [6.45, 7) is 6.34. The van der Waals surface area contributed by atoms with E-state index in [4.69, 9.17) is 14.6 Å². The molecule has 0 saturated heterocycles. The molecule has 4 heterocycles. The molecule has 2 aliphatic heterocycles. The minimum atomic E-state index is -0.108. The molecule has 0 unspecified atom stereocenters. The van der Waals surface area contributed by atoms with Gasteiger partial charge in [0.25, 0.3) is 5.91 Å². The number of carbonyl (C=O) groups is 1. The SMILES string of the molecule is COCCn1nc2c(c1C(=O)N1CCc3cccnc3C1)C[C@H](C)O[C@@H]2C. The summed E-state index contributed by atoms with van der Waals surface area (Å²) in [6, 6.07) is 4.05. The number of ether oxygens (including phenoxy) is 2. The lowest BCUT2D eigenvalue weighted by atomic mass is 9.98. The third kappa shape index (κ3) is 3.37. The van der Waals surface area contributed by atoms with Crippen molar-refractivity contribution in [2.24, 2.45) is 0 Å². The molecule has 2 aliphatic rings. The van der Waals surface area contributed by atoms with Crippen molar-refractivity contribution in [3.8, 4) is 0 Å². The average molecular weight is 370 g/mol. The summed E-state index contributed by atoms with van der Waals surface area (Å²) in [5.41, 5.74) is 4.80. The molecule has 0 saturated carbocycles. The molecule has 0 aliphatic carbocycles. The number of fused-ring (bicyclic) bond motifs is 2. The average Bonchev–Trinajstić information content (AvgIpc) is 3.04. The van der Waals surface area contributed by atoms with Gasteiger partial charge < -0.3 is 14.4 Å². The van der Waals surface area contributed by atoms with Crippen LogP contribution in [0.5, 0.6) is 0 Å². The van der Waals surface area contributed by atoms with Crippen molar-refractivity contribution in [1.29, 1.82) is 0 Å². The first-order valence-corrected chi connectivity index (χ1v) is 9.54. The molecule has 1 amide bonds. The van der Waals surface area contributed by atoms with E-state index >= 15 is 0 Å². The number of rotatable bonds is 4. The Morgan fingerprint density at radius 3 is 3.07 bits per heavy atom. The number of pyridine rings is 1. The summed E-state index contributed by atoms with van der Waals surface area (Å²) in [5, 5.41) is 4.71. The Morgan fingerprint density at radius 1 is 1.41 bits per heavy atom. The zero-order chi connectivity index (χ0) is 19.0. The molecule has 7 heteroatoms. The maximum Gasteiger partial charge on any atom is 0.272 e. The van der Waals surface area contributed by atoms with Gasteiger partial charge in [-0.2, -0.15) is 5.10 Å². The number of hydrogen-bond donors (Lipinski definition) is 0. The molecule has 0 radical (unpaired) electrons. The fraction of sp³-hybridized carbons (Fsp3) is 0.550. The van der Waals surface area contributed by atoms with Crippen molar-refractivity contribution in [2.75, 3.05) is 20.3 Å². The number of amides is 1. The monoisotopic (exact) mass is 370 g/mol. The van der Waals surface area contributed by atoms with Crippen molar-refractivity contribution < 1.29 is 14.3 Å². The van der Waals surface area contributed by atoms with Crippen LogP contribution in [0.4, 0.5) is 0 Å². The molecule has 144 valence electrons. The zero-order valence-corrected chi connectivity index (χ0v) is 16.1. The topological polar surface area (TPSA) is 69.5 Å². The first kappa shape index (κ1) is 18.1. The number of aromatic nitrogens is 3. The Kier molecular flexibility index (Phi) is 4.97. The van der Waals surface area contributed by atoms with Crippen LogP contribution >= 0.6 is 0 Å². The lowest BCUT2D eigenvalue weighted by molar-refractivity contribution is -0.00721. The van der Waals surface area contributed by atoms with Crippen LogP contribution in [0.25, 0.3) is 0 Å². The number of methoxy groups -OCH3 is 1. The molecule has 2 aromatic rings. The highest BCUT2D eigenvalue weighted by atomic mass is 16.5. The highest BCUT2D eigenvalue weighted by Crippen LogP contribution is 2.32. The minimum Gasteiger partial charge on any atom is -0.383 e.